The Hall–Kier alpha value is -3.26. The van der Waals surface area contributed by atoms with Gasteiger partial charge in [-0.1, -0.05) is 24.1 Å². The Morgan fingerprint density at radius 1 is 1.23 bits per heavy atom. The maximum Gasteiger partial charge on any atom is 0.420 e. The van der Waals surface area contributed by atoms with Gasteiger partial charge in [0.05, 0.1) is 5.52 Å². The normalized spacial score (nSPS) is 10.3. The lowest BCUT2D eigenvalue weighted by atomic mass is 10.2. The Labute approximate surface area is 126 Å². The van der Waals surface area contributed by atoms with Crippen molar-refractivity contribution in [3.05, 3.63) is 64.6 Å². The van der Waals surface area contributed by atoms with Gasteiger partial charge >= 0.3 is 5.76 Å². The lowest BCUT2D eigenvalue weighted by Gasteiger charge is -2.06. The monoisotopic (exact) mass is 292 g/mol. The van der Waals surface area contributed by atoms with Crippen LogP contribution in [0.25, 0.3) is 11.1 Å². The number of rotatable bonds is 3. The lowest BCUT2D eigenvalue weighted by Crippen LogP contribution is -2.24. The average Bonchev–Trinajstić information content (AvgIpc) is 2.83. The minimum absolute atomic E-state index is 0.129. The van der Waals surface area contributed by atoms with Gasteiger partial charge in [0.15, 0.2) is 5.58 Å². The van der Waals surface area contributed by atoms with Crippen molar-refractivity contribution < 1.29 is 9.21 Å². The molecule has 3 aromatic rings. The standard InChI is InChI=1S/C17H12N2O3/c1-2-12-6-5-7-13(10-12)18-16(20)11-19-14-8-3-4-9-15(14)22-17(19)21/h1,3-10H,11H2,(H,18,20). The van der Waals surface area contributed by atoms with Crippen LogP contribution >= 0.6 is 0 Å². The first kappa shape index (κ1) is 13.7. The molecule has 1 aromatic heterocycles. The van der Waals surface area contributed by atoms with Crippen LogP contribution in [0.2, 0.25) is 0 Å². The largest absolute Gasteiger partial charge is 0.420 e. The SMILES string of the molecule is C#Cc1cccc(NC(=O)Cn2c(=O)oc3ccccc32)c1. The number of aromatic nitrogens is 1. The summed E-state index contributed by atoms with van der Waals surface area (Å²) in [6.07, 6.45) is 5.32. The summed E-state index contributed by atoms with van der Waals surface area (Å²) in [6, 6.07) is 13.9. The average molecular weight is 292 g/mol. The first-order valence-electron chi connectivity index (χ1n) is 6.62. The molecule has 0 aliphatic rings. The van der Waals surface area contributed by atoms with Gasteiger partial charge in [0.2, 0.25) is 5.91 Å². The molecule has 0 aliphatic carbocycles. The van der Waals surface area contributed by atoms with Crippen LogP contribution in [0, 0.1) is 12.3 Å². The molecule has 5 nitrogen and oxygen atoms in total. The molecule has 22 heavy (non-hydrogen) atoms. The maximum atomic E-state index is 12.1. The van der Waals surface area contributed by atoms with Crippen LogP contribution in [0.1, 0.15) is 5.56 Å². The quantitative estimate of drug-likeness (QED) is 0.753. The number of oxazole rings is 1. The Kier molecular flexibility index (Phi) is 3.50. The number of terminal acetylenes is 1. The summed E-state index contributed by atoms with van der Waals surface area (Å²) >= 11 is 0. The molecule has 5 heteroatoms. The van der Waals surface area contributed by atoms with Gasteiger partial charge in [-0.15, -0.1) is 6.42 Å². The van der Waals surface area contributed by atoms with E-state index >= 15 is 0 Å². The number of hydrogen-bond acceptors (Lipinski definition) is 3. The topological polar surface area (TPSA) is 64.2 Å². The van der Waals surface area contributed by atoms with Crippen LogP contribution in [0.4, 0.5) is 5.69 Å². The second-order valence-corrected chi connectivity index (χ2v) is 4.70. The van der Waals surface area contributed by atoms with Crippen LogP contribution in [-0.4, -0.2) is 10.5 Å². The molecule has 0 spiro atoms. The summed E-state index contributed by atoms with van der Waals surface area (Å²) in [5.41, 5.74) is 2.29. The van der Waals surface area contributed by atoms with Crippen molar-refractivity contribution in [1.82, 2.24) is 4.57 Å². The van der Waals surface area contributed by atoms with Crippen LogP contribution in [0.3, 0.4) is 0 Å². The van der Waals surface area contributed by atoms with E-state index in [-0.39, 0.29) is 12.5 Å². The minimum atomic E-state index is -0.561. The Morgan fingerprint density at radius 2 is 2.05 bits per heavy atom. The molecule has 0 atom stereocenters. The number of hydrogen-bond donors (Lipinski definition) is 1. The molecule has 0 fully saturated rings. The fraction of sp³-hybridized carbons (Fsp3) is 0.0588. The smallest absolute Gasteiger partial charge is 0.408 e. The molecule has 108 valence electrons. The van der Waals surface area contributed by atoms with Crippen molar-refractivity contribution in [3.8, 4) is 12.3 Å². The molecule has 1 amide bonds. The number of carbonyl (C=O) groups is 1. The Bertz CT molecular complexity index is 944. The zero-order valence-electron chi connectivity index (χ0n) is 11.6. The minimum Gasteiger partial charge on any atom is -0.408 e. The zero-order valence-corrected chi connectivity index (χ0v) is 11.6. The van der Waals surface area contributed by atoms with Crippen LogP contribution in [0.15, 0.2) is 57.7 Å². The van der Waals surface area contributed by atoms with Crippen LogP contribution in [-0.2, 0) is 11.3 Å². The molecule has 0 radical (unpaired) electrons. The molecular formula is C17H12N2O3. The second-order valence-electron chi connectivity index (χ2n) is 4.70. The van der Waals surface area contributed by atoms with E-state index in [0.717, 1.165) is 0 Å². The highest BCUT2D eigenvalue weighted by atomic mass is 16.4. The number of anilines is 1. The molecule has 0 bridgehead atoms. The van der Waals surface area contributed by atoms with Gasteiger partial charge in [0.25, 0.3) is 0 Å². The van der Waals surface area contributed by atoms with E-state index in [9.17, 15) is 9.59 Å². The summed E-state index contributed by atoms with van der Waals surface area (Å²) in [7, 11) is 0. The Morgan fingerprint density at radius 3 is 2.86 bits per heavy atom. The van der Waals surface area contributed by atoms with Crippen molar-refractivity contribution in [2.45, 2.75) is 6.54 Å². The molecule has 3 rings (SSSR count). The summed E-state index contributed by atoms with van der Waals surface area (Å²) in [4.78, 5) is 23.9. The Balaban J connectivity index is 1.83. The maximum absolute atomic E-state index is 12.1. The molecule has 1 N–H and O–H groups in total. The number of amides is 1. The number of fused-ring (bicyclic) bond motifs is 1. The van der Waals surface area contributed by atoms with E-state index in [1.165, 1.54) is 4.57 Å². The third-order valence-electron chi connectivity index (χ3n) is 3.19. The van der Waals surface area contributed by atoms with Crippen molar-refractivity contribution in [2.75, 3.05) is 5.32 Å². The van der Waals surface area contributed by atoms with E-state index in [0.29, 0.717) is 22.4 Å². The highest BCUT2D eigenvalue weighted by molar-refractivity contribution is 5.91. The molecule has 0 aliphatic heterocycles. The molecule has 1 heterocycles. The van der Waals surface area contributed by atoms with E-state index in [4.69, 9.17) is 10.8 Å². The molecule has 0 unspecified atom stereocenters. The number of benzene rings is 2. The van der Waals surface area contributed by atoms with Crippen LogP contribution < -0.4 is 11.1 Å². The van der Waals surface area contributed by atoms with Gasteiger partial charge in [-0.05, 0) is 30.3 Å². The summed E-state index contributed by atoms with van der Waals surface area (Å²) in [5.74, 6) is 1.61. The van der Waals surface area contributed by atoms with Gasteiger partial charge in [0, 0.05) is 11.3 Å². The number of carbonyl (C=O) groups excluding carboxylic acids is 1. The van der Waals surface area contributed by atoms with Crippen molar-refractivity contribution in [3.63, 3.8) is 0 Å². The summed E-state index contributed by atoms with van der Waals surface area (Å²) in [5, 5.41) is 2.71. The van der Waals surface area contributed by atoms with Crippen molar-refractivity contribution in [2.24, 2.45) is 0 Å². The van der Waals surface area contributed by atoms with Gasteiger partial charge in [0.1, 0.15) is 6.54 Å². The summed E-state index contributed by atoms with van der Waals surface area (Å²) < 4.78 is 6.37. The molecular weight excluding hydrogens is 280 g/mol. The van der Waals surface area contributed by atoms with Gasteiger partial charge in [-0.2, -0.15) is 0 Å². The van der Waals surface area contributed by atoms with E-state index < -0.39 is 5.76 Å². The number of nitrogens with zero attached hydrogens (tertiary/aromatic N) is 1. The van der Waals surface area contributed by atoms with Gasteiger partial charge in [-0.25, -0.2) is 4.79 Å². The highest BCUT2D eigenvalue weighted by Crippen LogP contribution is 2.13. The van der Waals surface area contributed by atoms with Crippen molar-refractivity contribution >= 4 is 22.7 Å². The second kappa shape index (κ2) is 5.62. The molecule has 0 saturated heterocycles. The fourth-order valence-corrected chi connectivity index (χ4v) is 2.19. The van der Waals surface area contributed by atoms with Gasteiger partial charge < -0.3 is 9.73 Å². The van der Waals surface area contributed by atoms with E-state index in [1.54, 1.807) is 48.5 Å². The van der Waals surface area contributed by atoms with Gasteiger partial charge in [-0.3, -0.25) is 9.36 Å². The third-order valence-corrected chi connectivity index (χ3v) is 3.19. The predicted molar refractivity (Wildman–Crippen MR) is 83.5 cm³/mol. The van der Waals surface area contributed by atoms with Crippen LogP contribution in [0.5, 0.6) is 0 Å². The molecule has 2 aromatic carbocycles. The van der Waals surface area contributed by atoms with E-state index in [2.05, 4.69) is 11.2 Å². The lowest BCUT2D eigenvalue weighted by molar-refractivity contribution is -0.116. The van der Waals surface area contributed by atoms with E-state index in [1.807, 2.05) is 0 Å². The number of para-hydroxylation sites is 2. The number of nitrogens with one attached hydrogen (secondary N) is 1. The fourth-order valence-electron chi connectivity index (χ4n) is 2.19. The van der Waals surface area contributed by atoms with Crippen molar-refractivity contribution in [1.29, 1.82) is 0 Å². The highest BCUT2D eigenvalue weighted by Gasteiger charge is 2.12. The first-order chi connectivity index (χ1) is 10.7. The predicted octanol–water partition coefficient (Wildman–Crippen LogP) is 2.21. The zero-order chi connectivity index (χ0) is 15.5. The third kappa shape index (κ3) is 2.63. The molecule has 0 saturated carbocycles. The first-order valence-corrected chi connectivity index (χ1v) is 6.62. The summed E-state index contributed by atoms with van der Waals surface area (Å²) in [6.45, 7) is -0.129.